The van der Waals surface area contributed by atoms with Gasteiger partial charge in [-0.3, -0.25) is 0 Å². The monoisotopic (exact) mass is 518 g/mol. The van der Waals surface area contributed by atoms with E-state index in [1.807, 2.05) is 41.5 Å². The number of aryl methyl sites for hydroxylation is 1. The minimum absolute atomic E-state index is 0.101. The lowest BCUT2D eigenvalue weighted by molar-refractivity contribution is 0.302. The van der Waals surface area contributed by atoms with Gasteiger partial charge in [-0.15, -0.1) is 0 Å². The highest BCUT2D eigenvalue weighted by atomic mass is 15.3. The topological polar surface area (TPSA) is 45.1 Å². The molecule has 0 saturated carbocycles. The molecule has 5 heteroatoms. The van der Waals surface area contributed by atoms with Crippen LogP contribution in [-0.2, 0) is 11.8 Å². The van der Waals surface area contributed by atoms with E-state index >= 15 is 0 Å². The van der Waals surface area contributed by atoms with Crippen LogP contribution in [0.4, 0.5) is 0 Å². The van der Waals surface area contributed by atoms with Crippen LogP contribution < -0.4 is 10.6 Å². The van der Waals surface area contributed by atoms with Crippen molar-refractivity contribution in [1.82, 2.24) is 25.3 Å². The molecule has 0 aliphatic carbocycles. The second-order valence-corrected chi connectivity index (χ2v) is 10.8. The molecule has 2 aliphatic rings. The zero-order valence-corrected chi connectivity index (χ0v) is 27.6. The Morgan fingerprint density at radius 2 is 1.49 bits per heavy atom. The van der Waals surface area contributed by atoms with Crippen molar-refractivity contribution in [3.63, 3.8) is 0 Å². The number of dihydropyridines is 1. The largest absolute Gasteiger partial charge is 0.383 e. The van der Waals surface area contributed by atoms with Crippen molar-refractivity contribution in [2.45, 2.75) is 135 Å². The van der Waals surface area contributed by atoms with Crippen LogP contribution in [0, 0.1) is 5.41 Å². The first-order valence-corrected chi connectivity index (χ1v) is 14.8. The van der Waals surface area contributed by atoms with Crippen LogP contribution in [0.3, 0.4) is 0 Å². The van der Waals surface area contributed by atoms with Crippen LogP contribution in [0.2, 0.25) is 0 Å². The molecule has 1 atom stereocenters. The summed E-state index contributed by atoms with van der Waals surface area (Å²) in [5.41, 5.74) is 6.56. The van der Waals surface area contributed by atoms with Gasteiger partial charge in [-0.2, -0.15) is 5.10 Å². The number of rotatable bonds is 4. The number of nitrogens with one attached hydrogen (secondary N) is 2. The van der Waals surface area contributed by atoms with E-state index in [0.29, 0.717) is 6.17 Å². The van der Waals surface area contributed by atoms with E-state index in [4.69, 9.17) is 5.10 Å². The summed E-state index contributed by atoms with van der Waals surface area (Å²) in [6, 6.07) is 2.23. The van der Waals surface area contributed by atoms with Gasteiger partial charge in [0.1, 0.15) is 0 Å². The minimum atomic E-state index is 0.101. The van der Waals surface area contributed by atoms with Gasteiger partial charge in [0.05, 0.1) is 24.1 Å². The van der Waals surface area contributed by atoms with E-state index < -0.39 is 0 Å². The maximum atomic E-state index is 4.78. The highest BCUT2D eigenvalue weighted by molar-refractivity contribution is 5.53. The average Bonchev–Trinajstić information content (AvgIpc) is 3.48. The summed E-state index contributed by atoms with van der Waals surface area (Å²) in [4.78, 5) is 2.28. The molecule has 0 spiro atoms. The van der Waals surface area contributed by atoms with Crippen molar-refractivity contribution in [2.75, 3.05) is 13.6 Å². The summed E-state index contributed by atoms with van der Waals surface area (Å²) in [6.07, 6.45) is 10.5. The molecule has 1 aromatic rings. The number of nitrogens with zero attached hydrogens (tertiary/aromatic N) is 3. The standard InChI is InChI=1S/C15H23N3.C11H22N2.3C2H6/c1-6-12-9-14(15(3,4)5)17-18(12)13-8-7-11(2)16-10-13;1-6-7-10-12-9(8-13(10)5)11(2,3)4;3*1-2/h7-9,16H,6,10H2,1-5H3;8,10,12H,6-7H2,1-5H3;3*1-2H3. The molecule has 0 bridgehead atoms. The summed E-state index contributed by atoms with van der Waals surface area (Å²) in [7, 11) is 2.14. The molecule has 1 aromatic heterocycles. The Labute approximate surface area is 231 Å². The fraction of sp³-hybridized carbons (Fsp3) is 0.719. The smallest absolute Gasteiger partial charge is 0.0980 e. The Balaban J connectivity index is 0. The van der Waals surface area contributed by atoms with Gasteiger partial charge in [0.25, 0.3) is 0 Å². The van der Waals surface area contributed by atoms with E-state index in [1.54, 1.807) is 0 Å². The lowest BCUT2D eigenvalue weighted by Crippen LogP contribution is -2.35. The summed E-state index contributed by atoms with van der Waals surface area (Å²) in [5.74, 6) is 0. The number of aromatic nitrogens is 2. The number of hydrogen-bond acceptors (Lipinski definition) is 4. The predicted molar refractivity (Wildman–Crippen MR) is 168 cm³/mol. The molecule has 5 nitrogen and oxygen atoms in total. The molecule has 2 aliphatic heterocycles. The third kappa shape index (κ3) is 12.3. The Morgan fingerprint density at radius 3 is 1.86 bits per heavy atom. The third-order valence-electron chi connectivity index (χ3n) is 5.78. The van der Waals surface area contributed by atoms with Crippen molar-refractivity contribution < 1.29 is 0 Å². The van der Waals surface area contributed by atoms with Crippen molar-refractivity contribution in [3.05, 3.63) is 47.2 Å². The molecule has 0 fully saturated rings. The number of allylic oxidation sites excluding steroid dienone is 4. The third-order valence-corrected chi connectivity index (χ3v) is 5.78. The average molecular weight is 518 g/mol. The van der Waals surface area contributed by atoms with E-state index in [-0.39, 0.29) is 10.8 Å². The van der Waals surface area contributed by atoms with Crippen LogP contribution in [0.1, 0.15) is 128 Å². The predicted octanol–water partition coefficient (Wildman–Crippen LogP) is 8.70. The van der Waals surface area contributed by atoms with Gasteiger partial charge in [0, 0.05) is 41.2 Å². The molecule has 37 heavy (non-hydrogen) atoms. The Hall–Kier alpha value is -2.17. The van der Waals surface area contributed by atoms with Gasteiger partial charge in [0.15, 0.2) is 0 Å². The van der Waals surface area contributed by atoms with Crippen LogP contribution in [0.15, 0.2) is 35.8 Å². The van der Waals surface area contributed by atoms with Crippen molar-refractivity contribution in [3.8, 4) is 0 Å². The van der Waals surface area contributed by atoms with Crippen LogP contribution in [0.25, 0.3) is 5.70 Å². The fourth-order valence-corrected chi connectivity index (χ4v) is 3.57. The van der Waals surface area contributed by atoms with Crippen molar-refractivity contribution in [2.24, 2.45) is 5.41 Å². The first kappa shape index (κ1) is 37.0. The number of hydrogen-bond donors (Lipinski definition) is 2. The lowest BCUT2D eigenvalue weighted by atomic mass is 9.92. The van der Waals surface area contributed by atoms with Gasteiger partial charge in [-0.05, 0) is 38.0 Å². The van der Waals surface area contributed by atoms with Gasteiger partial charge < -0.3 is 15.5 Å². The Morgan fingerprint density at radius 1 is 0.919 bits per heavy atom. The molecule has 2 N–H and O–H groups in total. The summed E-state index contributed by atoms with van der Waals surface area (Å²) in [5, 5.41) is 11.7. The summed E-state index contributed by atoms with van der Waals surface area (Å²) < 4.78 is 2.09. The molecule has 216 valence electrons. The van der Waals surface area contributed by atoms with Gasteiger partial charge in [-0.25, -0.2) is 4.68 Å². The van der Waals surface area contributed by atoms with E-state index in [9.17, 15) is 0 Å². The minimum Gasteiger partial charge on any atom is -0.383 e. The van der Waals surface area contributed by atoms with Crippen LogP contribution in [-0.4, -0.2) is 34.4 Å². The van der Waals surface area contributed by atoms with Gasteiger partial charge in [0.2, 0.25) is 0 Å². The first-order chi connectivity index (χ1) is 17.4. The van der Waals surface area contributed by atoms with Crippen LogP contribution in [0.5, 0.6) is 0 Å². The maximum absolute atomic E-state index is 4.78. The van der Waals surface area contributed by atoms with Gasteiger partial charge in [-0.1, -0.05) is 103 Å². The van der Waals surface area contributed by atoms with Crippen molar-refractivity contribution in [1.29, 1.82) is 0 Å². The van der Waals surface area contributed by atoms with E-state index in [1.165, 1.54) is 35.6 Å². The van der Waals surface area contributed by atoms with Gasteiger partial charge >= 0.3 is 0 Å². The zero-order chi connectivity index (χ0) is 29.4. The molecule has 0 aromatic carbocycles. The lowest BCUT2D eigenvalue weighted by Gasteiger charge is -2.24. The highest BCUT2D eigenvalue weighted by Crippen LogP contribution is 2.28. The second-order valence-electron chi connectivity index (χ2n) is 10.8. The summed E-state index contributed by atoms with van der Waals surface area (Å²) in [6.45, 7) is 32.7. The van der Waals surface area contributed by atoms with E-state index in [0.717, 1.165) is 18.7 Å². The summed E-state index contributed by atoms with van der Waals surface area (Å²) >= 11 is 0. The van der Waals surface area contributed by atoms with Crippen LogP contribution >= 0.6 is 0 Å². The Kier molecular flexibility index (Phi) is 18.1. The molecular formula is C32H63N5. The SMILES string of the molecule is CC.CC.CC.CCCC1NC(C(C)(C)C)=CN1C.CCc1cc(C(C)(C)C)nn1C1=CC=C(C)NC1. The molecule has 0 saturated heterocycles. The molecule has 0 radical (unpaired) electrons. The fourth-order valence-electron chi connectivity index (χ4n) is 3.57. The zero-order valence-electron chi connectivity index (χ0n) is 27.6. The normalized spacial score (nSPS) is 16.4. The van der Waals surface area contributed by atoms with Crippen molar-refractivity contribution >= 4 is 5.70 Å². The Bertz CT molecular complexity index is 828. The molecule has 0 amide bonds. The quantitative estimate of drug-likeness (QED) is 0.419. The molecule has 3 heterocycles. The maximum Gasteiger partial charge on any atom is 0.0980 e. The molecular weight excluding hydrogens is 454 g/mol. The van der Waals surface area contributed by atoms with E-state index in [2.05, 4.69) is 114 Å². The second kappa shape index (κ2) is 18.1. The molecule has 3 rings (SSSR count). The first-order valence-electron chi connectivity index (χ1n) is 14.8. The highest BCUT2D eigenvalue weighted by Gasteiger charge is 2.27. The molecule has 1 unspecified atom stereocenters.